The number of hydrogen-bond donors (Lipinski definition) is 0. The van der Waals surface area contributed by atoms with Gasteiger partial charge in [0.25, 0.3) is 0 Å². The normalized spacial score (nSPS) is 31.4. The second kappa shape index (κ2) is 17.7. The van der Waals surface area contributed by atoms with Crippen LogP contribution in [-0.4, -0.2) is 86.2 Å². The average Bonchev–Trinajstić information content (AvgIpc) is 3.70. The van der Waals surface area contributed by atoms with Crippen molar-refractivity contribution in [3.63, 3.8) is 0 Å². The molecule has 11 nitrogen and oxygen atoms in total. The largest absolute Gasteiger partial charge is 0.374 e. The first-order valence-electron chi connectivity index (χ1n) is 19.9. The molecule has 9 atom stereocenters. The third-order valence-electron chi connectivity index (χ3n) is 10.6. The van der Waals surface area contributed by atoms with Crippen LogP contribution in [0.4, 0.5) is 0 Å². The van der Waals surface area contributed by atoms with Gasteiger partial charge in [-0.15, -0.1) is 0 Å². The predicted octanol–water partition coefficient (Wildman–Crippen LogP) is 7.10. The quantitative estimate of drug-likeness (QED) is 0.116. The minimum atomic E-state index is -1.32. The lowest BCUT2D eigenvalue weighted by atomic mass is 9.96. The van der Waals surface area contributed by atoms with Crippen molar-refractivity contribution in [1.82, 2.24) is 0 Å². The van der Waals surface area contributed by atoms with Gasteiger partial charge in [-0.05, 0) is 49.9 Å². The minimum Gasteiger partial charge on any atom is -0.374 e. The van der Waals surface area contributed by atoms with Crippen molar-refractivity contribution in [3.05, 3.63) is 144 Å². The fraction of sp³-hybridized carbons (Fsp3) is 0.478. The van der Waals surface area contributed by atoms with Gasteiger partial charge in [-0.3, -0.25) is 0 Å². The molecule has 0 bridgehead atoms. The Balaban J connectivity index is 1.11. The van der Waals surface area contributed by atoms with Crippen LogP contribution in [0.5, 0.6) is 0 Å². The molecule has 0 radical (unpaired) electrons. The van der Waals surface area contributed by atoms with Crippen LogP contribution < -0.4 is 0 Å². The molecular weight excluding hydrogens is 728 g/mol. The fourth-order valence-electron chi connectivity index (χ4n) is 8.03. The molecule has 0 aromatic heterocycles. The third-order valence-corrected chi connectivity index (χ3v) is 10.6. The number of fused-ring (bicyclic) bond motifs is 3. The molecule has 0 N–H and O–H groups in total. The van der Waals surface area contributed by atoms with E-state index >= 15 is 0 Å². The van der Waals surface area contributed by atoms with Crippen molar-refractivity contribution in [2.24, 2.45) is 0 Å². The highest BCUT2D eigenvalue weighted by molar-refractivity contribution is 5.17. The van der Waals surface area contributed by atoms with E-state index in [9.17, 15) is 0 Å². The van der Waals surface area contributed by atoms with E-state index < -0.39 is 60.3 Å². The van der Waals surface area contributed by atoms with Crippen molar-refractivity contribution in [3.8, 4) is 0 Å². The summed E-state index contributed by atoms with van der Waals surface area (Å²) in [5.74, 6) is -3.11. The van der Waals surface area contributed by atoms with Gasteiger partial charge < -0.3 is 52.1 Å². The fourth-order valence-corrected chi connectivity index (χ4v) is 8.03. The zero-order chi connectivity index (χ0) is 39.3. The monoisotopic (exact) mass is 782 g/mol. The van der Waals surface area contributed by atoms with E-state index in [2.05, 4.69) is 0 Å². The topological polar surface area (TPSA) is 102 Å². The molecule has 9 unspecified atom stereocenters. The molecule has 4 aromatic rings. The zero-order valence-electron chi connectivity index (χ0n) is 33.1. The maximum absolute atomic E-state index is 6.93. The van der Waals surface area contributed by atoms with Gasteiger partial charge in [-0.1, -0.05) is 121 Å². The first-order valence-corrected chi connectivity index (χ1v) is 19.9. The van der Waals surface area contributed by atoms with Crippen LogP contribution >= 0.6 is 0 Å². The van der Waals surface area contributed by atoms with Crippen molar-refractivity contribution in [1.29, 1.82) is 0 Å². The first kappa shape index (κ1) is 40.2. The standard InChI is InChI=1S/C46H54O11/c1-44(2)54-37-30-52-46(42(39(37)55-44)56-45(3,4)57-46)31-51-43-41(50-28-35-23-15-8-16-24-35)40(49-27-34-21-13-7-14-22-34)38(48-26-33-19-11-6-12-20-33)36(53-43)29-47-25-32-17-9-5-10-18-32/h5-24,36-43H,25-31H2,1-4H3. The van der Waals surface area contributed by atoms with Crippen LogP contribution in [0.3, 0.4) is 0 Å². The number of hydrogen-bond acceptors (Lipinski definition) is 11. The Bertz CT molecular complexity index is 1830. The van der Waals surface area contributed by atoms with E-state index in [0.717, 1.165) is 22.3 Å². The summed E-state index contributed by atoms with van der Waals surface area (Å²) in [7, 11) is 0. The van der Waals surface area contributed by atoms with Crippen molar-refractivity contribution in [2.45, 2.75) is 121 Å². The van der Waals surface area contributed by atoms with E-state index in [0.29, 0.717) is 19.8 Å². The van der Waals surface area contributed by atoms with Crippen molar-refractivity contribution in [2.75, 3.05) is 19.8 Å². The second-order valence-electron chi connectivity index (χ2n) is 15.9. The molecule has 0 saturated carbocycles. The van der Waals surface area contributed by atoms with Crippen LogP contribution in [-0.2, 0) is 78.5 Å². The Kier molecular flexibility index (Phi) is 12.5. The zero-order valence-corrected chi connectivity index (χ0v) is 33.1. The Hall–Kier alpha value is -3.56. The molecule has 8 rings (SSSR count). The minimum absolute atomic E-state index is 0.0531. The average molecular weight is 783 g/mol. The summed E-state index contributed by atoms with van der Waals surface area (Å²) in [5, 5.41) is 0. The van der Waals surface area contributed by atoms with E-state index in [1.165, 1.54) is 0 Å². The van der Waals surface area contributed by atoms with Gasteiger partial charge in [0.1, 0.15) is 49.3 Å². The molecule has 4 heterocycles. The van der Waals surface area contributed by atoms with Crippen molar-refractivity contribution >= 4 is 0 Å². The summed E-state index contributed by atoms with van der Waals surface area (Å²) in [6, 6.07) is 40.2. The van der Waals surface area contributed by atoms with E-state index in [-0.39, 0.29) is 32.5 Å². The molecule has 304 valence electrons. The third kappa shape index (κ3) is 9.84. The van der Waals surface area contributed by atoms with Crippen LogP contribution in [0.25, 0.3) is 0 Å². The lowest BCUT2D eigenvalue weighted by Gasteiger charge is -2.47. The molecule has 4 aromatic carbocycles. The van der Waals surface area contributed by atoms with Crippen LogP contribution in [0, 0.1) is 0 Å². The summed E-state index contributed by atoms with van der Waals surface area (Å²) in [5.41, 5.74) is 4.06. The summed E-state index contributed by atoms with van der Waals surface area (Å²) >= 11 is 0. The molecular formula is C46H54O11. The molecule has 4 saturated heterocycles. The Labute approximate surface area is 335 Å². The van der Waals surface area contributed by atoms with Crippen LogP contribution in [0.2, 0.25) is 0 Å². The van der Waals surface area contributed by atoms with Gasteiger partial charge in [-0.25, -0.2) is 0 Å². The lowest BCUT2D eigenvalue weighted by molar-refractivity contribution is -0.358. The Morgan fingerprint density at radius 3 is 1.61 bits per heavy atom. The molecule has 57 heavy (non-hydrogen) atoms. The van der Waals surface area contributed by atoms with Crippen molar-refractivity contribution < 1.29 is 52.1 Å². The van der Waals surface area contributed by atoms with Gasteiger partial charge in [0, 0.05) is 0 Å². The van der Waals surface area contributed by atoms with Gasteiger partial charge >= 0.3 is 0 Å². The van der Waals surface area contributed by atoms with Gasteiger partial charge in [0.15, 0.2) is 17.9 Å². The predicted molar refractivity (Wildman–Crippen MR) is 208 cm³/mol. The summed E-state index contributed by atoms with van der Waals surface area (Å²) < 4.78 is 72.8. The maximum atomic E-state index is 6.93. The van der Waals surface area contributed by atoms with Gasteiger partial charge in [-0.2, -0.15) is 0 Å². The highest BCUT2D eigenvalue weighted by atomic mass is 16.9. The highest BCUT2D eigenvalue weighted by Gasteiger charge is 2.66. The van der Waals surface area contributed by atoms with Gasteiger partial charge in [0.2, 0.25) is 5.79 Å². The summed E-state index contributed by atoms with van der Waals surface area (Å²) in [6.07, 6.45) is -5.01. The number of rotatable bonds is 16. The SMILES string of the molecule is CC1(C)OC2COC3(COC4OC(COCc5ccccc5)C(OCc5ccccc5)C(OCc5ccccc5)C4OCc4ccccc4)OC(C)(C)OC3C2O1. The van der Waals surface area contributed by atoms with Crippen LogP contribution in [0.15, 0.2) is 121 Å². The lowest BCUT2D eigenvalue weighted by Crippen LogP contribution is -2.64. The summed E-state index contributed by atoms with van der Waals surface area (Å²) in [4.78, 5) is 0. The molecule has 0 amide bonds. The first-order chi connectivity index (χ1) is 27.7. The maximum Gasteiger partial charge on any atom is 0.224 e. The Morgan fingerprint density at radius 2 is 1.05 bits per heavy atom. The highest BCUT2D eigenvalue weighted by Crippen LogP contribution is 2.48. The molecule has 4 aliphatic rings. The number of ether oxygens (including phenoxy) is 11. The van der Waals surface area contributed by atoms with E-state index in [1.807, 2.05) is 149 Å². The molecule has 4 aliphatic heterocycles. The molecule has 0 aliphatic carbocycles. The smallest absolute Gasteiger partial charge is 0.224 e. The van der Waals surface area contributed by atoms with Crippen LogP contribution in [0.1, 0.15) is 49.9 Å². The van der Waals surface area contributed by atoms with Gasteiger partial charge in [0.05, 0.1) is 39.6 Å². The summed E-state index contributed by atoms with van der Waals surface area (Å²) in [6.45, 7) is 9.18. The van der Waals surface area contributed by atoms with E-state index in [1.54, 1.807) is 0 Å². The Morgan fingerprint density at radius 1 is 0.544 bits per heavy atom. The molecule has 4 fully saturated rings. The molecule has 0 spiro atoms. The molecule has 11 heteroatoms. The second-order valence-corrected chi connectivity index (χ2v) is 15.9. The number of benzene rings is 4. The van der Waals surface area contributed by atoms with E-state index in [4.69, 9.17) is 52.1 Å².